The number of amides is 1. The van der Waals surface area contributed by atoms with Gasteiger partial charge in [0.1, 0.15) is 0 Å². The molecule has 1 unspecified atom stereocenters. The molecule has 1 atom stereocenters. The van der Waals surface area contributed by atoms with Crippen molar-refractivity contribution in [2.75, 3.05) is 18.8 Å². The highest BCUT2D eigenvalue weighted by atomic mass is 16.2. The molecule has 1 aliphatic rings. The second-order valence-electron chi connectivity index (χ2n) is 8.05. The van der Waals surface area contributed by atoms with Crippen LogP contribution in [-0.2, 0) is 0 Å². The zero-order valence-electron chi connectivity index (χ0n) is 17.7. The van der Waals surface area contributed by atoms with E-state index in [0.717, 1.165) is 36.1 Å². The molecule has 0 aliphatic carbocycles. The summed E-state index contributed by atoms with van der Waals surface area (Å²) < 4.78 is 1.70. The minimum atomic E-state index is -0.101. The summed E-state index contributed by atoms with van der Waals surface area (Å²) in [4.78, 5) is 24.5. The van der Waals surface area contributed by atoms with Crippen LogP contribution in [0.5, 0.6) is 0 Å². The van der Waals surface area contributed by atoms with Crippen LogP contribution in [-0.4, -0.2) is 49.5 Å². The smallest absolute Gasteiger partial charge is 0.256 e. The highest BCUT2D eigenvalue weighted by molar-refractivity contribution is 6.00. The van der Waals surface area contributed by atoms with E-state index in [4.69, 9.17) is 16.5 Å². The highest BCUT2D eigenvalue weighted by Gasteiger charge is 2.28. The first kappa shape index (κ1) is 20.1. The number of likely N-dealkylation sites (tertiary alicyclic amines) is 1. The van der Waals surface area contributed by atoms with Crippen molar-refractivity contribution in [1.29, 1.82) is 0 Å². The largest absolute Gasteiger partial charge is 0.397 e. The van der Waals surface area contributed by atoms with Crippen LogP contribution in [0.4, 0.5) is 5.69 Å². The molecule has 1 aromatic carbocycles. The van der Waals surface area contributed by atoms with E-state index in [9.17, 15) is 4.79 Å². The molecule has 1 fully saturated rings. The first-order valence-electron chi connectivity index (χ1n) is 10.8. The van der Waals surface area contributed by atoms with Crippen molar-refractivity contribution < 1.29 is 4.79 Å². The first-order valence-corrected chi connectivity index (χ1v) is 10.8. The molecule has 4 aromatic rings. The molecule has 162 valence electrons. The van der Waals surface area contributed by atoms with Crippen LogP contribution in [0.15, 0.2) is 61.1 Å². The molecule has 0 radical (unpaired) electrons. The molecule has 4 heterocycles. The number of aromatic nitrogens is 4. The fourth-order valence-corrected chi connectivity index (χ4v) is 4.29. The van der Waals surface area contributed by atoms with Gasteiger partial charge in [0, 0.05) is 30.9 Å². The Kier molecular flexibility index (Phi) is 5.28. The van der Waals surface area contributed by atoms with Crippen molar-refractivity contribution in [3.8, 4) is 22.5 Å². The second kappa shape index (κ2) is 8.39. The lowest BCUT2D eigenvalue weighted by Crippen LogP contribution is -2.47. The van der Waals surface area contributed by atoms with Gasteiger partial charge >= 0.3 is 0 Å². The lowest BCUT2D eigenvalue weighted by molar-refractivity contribution is 0.0624. The maximum Gasteiger partial charge on any atom is 0.256 e. The molecule has 8 heteroatoms. The van der Waals surface area contributed by atoms with Gasteiger partial charge < -0.3 is 16.4 Å². The number of fused-ring (bicyclic) bond motifs is 1. The number of pyridine rings is 1. The minimum Gasteiger partial charge on any atom is -0.397 e. The molecule has 32 heavy (non-hydrogen) atoms. The Labute approximate surface area is 185 Å². The van der Waals surface area contributed by atoms with Crippen molar-refractivity contribution in [3.63, 3.8) is 0 Å². The Morgan fingerprint density at radius 1 is 1.09 bits per heavy atom. The lowest BCUT2D eigenvalue weighted by Gasteiger charge is -2.35. The number of hydrogen-bond donors (Lipinski definition) is 2. The zero-order valence-corrected chi connectivity index (χ0v) is 17.7. The third-order valence-corrected chi connectivity index (χ3v) is 6.04. The zero-order chi connectivity index (χ0) is 22.1. The fourth-order valence-electron chi connectivity index (χ4n) is 4.29. The lowest BCUT2D eigenvalue weighted by atomic mass is 10.00. The summed E-state index contributed by atoms with van der Waals surface area (Å²) in [5.41, 5.74) is 16.8. The molecule has 1 saturated heterocycles. The van der Waals surface area contributed by atoms with E-state index in [0.29, 0.717) is 35.7 Å². The second-order valence-corrected chi connectivity index (χ2v) is 8.05. The van der Waals surface area contributed by atoms with Gasteiger partial charge in [0.05, 0.1) is 40.6 Å². The molecule has 3 aromatic heterocycles. The van der Waals surface area contributed by atoms with Gasteiger partial charge in [-0.3, -0.25) is 9.78 Å². The molecular formula is C24H25N7O. The van der Waals surface area contributed by atoms with E-state index in [2.05, 4.69) is 10.1 Å². The predicted molar refractivity (Wildman–Crippen MR) is 124 cm³/mol. The molecule has 1 amide bonds. The summed E-state index contributed by atoms with van der Waals surface area (Å²) in [5, 5.41) is 4.41. The number of nitrogens with zero attached hydrogens (tertiary/aromatic N) is 5. The summed E-state index contributed by atoms with van der Waals surface area (Å²) in [5.74, 6) is -0.101. The summed E-state index contributed by atoms with van der Waals surface area (Å²) >= 11 is 0. The van der Waals surface area contributed by atoms with Crippen LogP contribution < -0.4 is 11.5 Å². The third-order valence-electron chi connectivity index (χ3n) is 6.04. The Morgan fingerprint density at radius 2 is 1.94 bits per heavy atom. The molecule has 4 N–H and O–H groups in total. The summed E-state index contributed by atoms with van der Waals surface area (Å²) in [6.07, 6.45) is 8.10. The molecule has 0 spiro atoms. The van der Waals surface area contributed by atoms with E-state index in [1.165, 1.54) is 6.20 Å². The fraction of sp³-hybridized carbons (Fsp3) is 0.250. The van der Waals surface area contributed by atoms with Crippen LogP contribution in [0.1, 0.15) is 29.6 Å². The SMILES string of the molecule is NCC1CCCCN1C(=O)c1cc(-c2cnn3ccc(-c4ccccc4)nc23)ncc1N. The number of piperidine rings is 1. The van der Waals surface area contributed by atoms with Gasteiger partial charge in [0.15, 0.2) is 5.65 Å². The average Bonchev–Trinajstić information content (AvgIpc) is 3.28. The molecular weight excluding hydrogens is 402 g/mol. The monoisotopic (exact) mass is 427 g/mol. The summed E-state index contributed by atoms with van der Waals surface area (Å²) in [7, 11) is 0. The third kappa shape index (κ3) is 3.58. The van der Waals surface area contributed by atoms with E-state index in [1.54, 1.807) is 16.8 Å². The topological polar surface area (TPSA) is 115 Å². The molecule has 0 saturated carbocycles. The van der Waals surface area contributed by atoms with Crippen molar-refractivity contribution >= 4 is 17.2 Å². The molecule has 8 nitrogen and oxygen atoms in total. The molecule has 5 rings (SSSR count). The van der Waals surface area contributed by atoms with E-state index < -0.39 is 0 Å². The maximum atomic E-state index is 13.3. The predicted octanol–water partition coefficient (Wildman–Crippen LogP) is 2.99. The van der Waals surface area contributed by atoms with Crippen molar-refractivity contribution in [1.82, 2.24) is 24.5 Å². The standard InChI is InChI=1S/C24H25N7O/c25-13-17-8-4-5-10-30(17)24(32)18-12-22(27-15-20(18)26)19-14-28-31-11-9-21(29-23(19)31)16-6-2-1-3-7-16/h1-3,6-7,9,11-12,14-15,17H,4-5,8,10,13,25-26H2. The maximum absolute atomic E-state index is 13.3. The van der Waals surface area contributed by atoms with Crippen molar-refractivity contribution in [2.45, 2.75) is 25.3 Å². The van der Waals surface area contributed by atoms with Crippen LogP contribution in [0.2, 0.25) is 0 Å². The van der Waals surface area contributed by atoms with E-state index in [1.807, 2.05) is 47.5 Å². The number of anilines is 1. The summed E-state index contributed by atoms with van der Waals surface area (Å²) in [6.45, 7) is 1.14. The van der Waals surface area contributed by atoms with Crippen molar-refractivity contribution in [2.24, 2.45) is 5.73 Å². The van der Waals surface area contributed by atoms with Crippen LogP contribution in [0.25, 0.3) is 28.2 Å². The number of nitrogens with two attached hydrogens (primary N) is 2. The van der Waals surface area contributed by atoms with Crippen LogP contribution >= 0.6 is 0 Å². The average molecular weight is 428 g/mol. The van der Waals surface area contributed by atoms with Gasteiger partial charge in [0.25, 0.3) is 5.91 Å². The molecule has 0 bridgehead atoms. The Hall–Kier alpha value is -3.78. The van der Waals surface area contributed by atoms with Gasteiger partial charge in [-0.15, -0.1) is 0 Å². The number of carbonyl (C=O) groups is 1. The number of hydrogen-bond acceptors (Lipinski definition) is 6. The Balaban J connectivity index is 1.55. The number of benzene rings is 1. The molecule has 1 aliphatic heterocycles. The minimum absolute atomic E-state index is 0.0411. The van der Waals surface area contributed by atoms with E-state index >= 15 is 0 Å². The van der Waals surface area contributed by atoms with Crippen molar-refractivity contribution in [3.05, 3.63) is 66.6 Å². The number of carbonyl (C=O) groups excluding carboxylic acids is 1. The van der Waals surface area contributed by atoms with Crippen LogP contribution in [0.3, 0.4) is 0 Å². The first-order chi connectivity index (χ1) is 15.7. The van der Waals surface area contributed by atoms with Gasteiger partial charge in [-0.1, -0.05) is 30.3 Å². The normalized spacial score (nSPS) is 16.4. The van der Waals surface area contributed by atoms with Crippen LogP contribution in [0, 0.1) is 0 Å². The van der Waals surface area contributed by atoms with Gasteiger partial charge in [0.2, 0.25) is 0 Å². The highest BCUT2D eigenvalue weighted by Crippen LogP contribution is 2.28. The Morgan fingerprint density at radius 3 is 2.75 bits per heavy atom. The summed E-state index contributed by atoms with van der Waals surface area (Å²) in [6, 6.07) is 13.7. The number of rotatable bonds is 4. The quantitative estimate of drug-likeness (QED) is 0.517. The van der Waals surface area contributed by atoms with Gasteiger partial charge in [-0.05, 0) is 31.4 Å². The Bertz CT molecular complexity index is 1270. The van der Waals surface area contributed by atoms with Gasteiger partial charge in [-0.25, -0.2) is 9.50 Å². The van der Waals surface area contributed by atoms with E-state index in [-0.39, 0.29) is 11.9 Å². The number of nitrogen functional groups attached to an aromatic ring is 1. The van der Waals surface area contributed by atoms with Gasteiger partial charge in [-0.2, -0.15) is 5.10 Å².